The van der Waals surface area contributed by atoms with E-state index in [-0.39, 0.29) is 0 Å². The van der Waals surface area contributed by atoms with Crippen LogP contribution < -0.4 is 10.5 Å². The molecule has 0 aromatic heterocycles. The quantitative estimate of drug-likeness (QED) is 0.547. The summed E-state index contributed by atoms with van der Waals surface area (Å²) in [5.41, 5.74) is 6.37. The van der Waals surface area contributed by atoms with E-state index in [1.165, 1.54) is 0 Å². The van der Waals surface area contributed by atoms with E-state index in [1.807, 2.05) is 24.3 Å². The second kappa shape index (κ2) is 8.85. The number of hydrogen-bond donors (Lipinski definition) is 1. The molecule has 0 unspecified atom stereocenters. The second-order valence-corrected chi connectivity index (χ2v) is 4.14. The zero-order chi connectivity index (χ0) is 13.2. The van der Waals surface area contributed by atoms with Crippen LogP contribution in [-0.4, -0.2) is 38.5 Å². The Morgan fingerprint density at radius 2 is 2.06 bits per heavy atom. The smallest absolute Gasteiger partial charge is 0.119 e. The van der Waals surface area contributed by atoms with Crippen molar-refractivity contribution in [3.05, 3.63) is 29.8 Å². The van der Waals surface area contributed by atoms with E-state index in [2.05, 4.69) is 0 Å². The molecule has 0 aliphatic carbocycles. The molecule has 0 aliphatic rings. The Kier molecular flexibility index (Phi) is 7.32. The molecule has 0 atom stereocenters. The molecule has 0 heterocycles. The van der Waals surface area contributed by atoms with Gasteiger partial charge in [0.05, 0.1) is 19.8 Å². The normalized spacial score (nSPS) is 10.3. The molecule has 0 aliphatic heterocycles. The molecule has 0 radical (unpaired) electrons. The van der Waals surface area contributed by atoms with E-state index in [0.29, 0.717) is 31.4 Å². The summed E-state index contributed by atoms with van der Waals surface area (Å²) in [5.74, 6) is 0.775. The number of methoxy groups -OCH3 is 1. The number of nitrogens with two attached hydrogens (primary N) is 1. The van der Waals surface area contributed by atoms with Crippen molar-refractivity contribution in [2.75, 3.05) is 33.5 Å². The molecule has 18 heavy (non-hydrogen) atoms. The highest BCUT2D eigenvalue weighted by atomic mass is 32.1. The van der Waals surface area contributed by atoms with Gasteiger partial charge in [-0.2, -0.15) is 0 Å². The van der Waals surface area contributed by atoms with E-state index in [9.17, 15) is 0 Å². The number of thiocarbonyl (C=S) groups is 1. The zero-order valence-corrected chi connectivity index (χ0v) is 11.4. The number of hydrogen-bond acceptors (Lipinski definition) is 4. The van der Waals surface area contributed by atoms with Gasteiger partial charge in [0.1, 0.15) is 10.7 Å². The van der Waals surface area contributed by atoms with Gasteiger partial charge in [-0.05, 0) is 12.1 Å². The summed E-state index contributed by atoms with van der Waals surface area (Å²) in [6, 6.07) is 7.46. The second-order valence-electron chi connectivity index (χ2n) is 3.70. The van der Waals surface area contributed by atoms with E-state index in [1.54, 1.807) is 7.11 Å². The molecule has 1 rings (SSSR count). The molecule has 0 fully saturated rings. The summed E-state index contributed by atoms with van der Waals surface area (Å²) in [7, 11) is 1.65. The average Bonchev–Trinajstić information content (AvgIpc) is 2.38. The Morgan fingerprint density at radius 3 is 2.78 bits per heavy atom. The average molecular weight is 269 g/mol. The first-order chi connectivity index (χ1) is 8.74. The van der Waals surface area contributed by atoms with Gasteiger partial charge in [-0.3, -0.25) is 0 Å². The molecule has 5 heteroatoms. The van der Waals surface area contributed by atoms with Crippen LogP contribution in [0.15, 0.2) is 24.3 Å². The minimum atomic E-state index is 0.378. The maximum atomic E-state index is 5.58. The fraction of sp³-hybridized carbons (Fsp3) is 0.462. The molecular weight excluding hydrogens is 250 g/mol. The fourth-order valence-corrected chi connectivity index (χ4v) is 1.46. The topological polar surface area (TPSA) is 53.7 Å². The lowest BCUT2D eigenvalue weighted by Crippen LogP contribution is -2.10. The van der Waals surface area contributed by atoms with Crippen LogP contribution >= 0.6 is 12.2 Å². The minimum absolute atomic E-state index is 0.378. The van der Waals surface area contributed by atoms with Crippen LogP contribution in [0.2, 0.25) is 0 Å². The molecule has 1 aromatic rings. The Bertz CT molecular complexity index is 371. The van der Waals surface area contributed by atoms with Crippen molar-refractivity contribution < 1.29 is 14.2 Å². The molecule has 1 aromatic carbocycles. The Hall–Kier alpha value is -1.17. The van der Waals surface area contributed by atoms with Crippen molar-refractivity contribution in [2.24, 2.45) is 5.73 Å². The van der Waals surface area contributed by atoms with Gasteiger partial charge >= 0.3 is 0 Å². The molecule has 100 valence electrons. The first kappa shape index (κ1) is 14.9. The standard InChI is InChI=1S/C13H19NO3S/c1-15-8-9-16-6-3-7-17-12-5-2-4-11(10-12)13(14)18/h2,4-5,10H,3,6-9H2,1H3,(H2,14,18). The highest BCUT2D eigenvalue weighted by Crippen LogP contribution is 2.13. The maximum absolute atomic E-state index is 5.58. The van der Waals surface area contributed by atoms with Gasteiger partial charge in [0.15, 0.2) is 0 Å². The third kappa shape index (κ3) is 5.95. The molecule has 4 nitrogen and oxygen atoms in total. The fourth-order valence-electron chi connectivity index (χ4n) is 1.33. The lowest BCUT2D eigenvalue weighted by molar-refractivity contribution is 0.0644. The predicted octanol–water partition coefficient (Wildman–Crippen LogP) is 1.75. The van der Waals surface area contributed by atoms with Crippen LogP contribution in [0.1, 0.15) is 12.0 Å². The van der Waals surface area contributed by atoms with E-state index in [0.717, 1.165) is 17.7 Å². The van der Waals surface area contributed by atoms with Crippen molar-refractivity contribution in [2.45, 2.75) is 6.42 Å². The van der Waals surface area contributed by atoms with Gasteiger partial charge in [-0.25, -0.2) is 0 Å². The highest BCUT2D eigenvalue weighted by molar-refractivity contribution is 7.80. The van der Waals surface area contributed by atoms with Crippen LogP contribution in [0.5, 0.6) is 5.75 Å². The molecule has 0 spiro atoms. The summed E-state index contributed by atoms with van der Waals surface area (Å²) in [5, 5.41) is 0. The lowest BCUT2D eigenvalue weighted by atomic mass is 10.2. The molecule has 0 saturated carbocycles. The van der Waals surface area contributed by atoms with Crippen molar-refractivity contribution in [1.29, 1.82) is 0 Å². The van der Waals surface area contributed by atoms with Crippen molar-refractivity contribution >= 4 is 17.2 Å². The Labute approximate surface area is 113 Å². The first-order valence-electron chi connectivity index (χ1n) is 5.83. The van der Waals surface area contributed by atoms with E-state index < -0.39 is 0 Å². The molecular formula is C13H19NO3S. The maximum Gasteiger partial charge on any atom is 0.119 e. The summed E-state index contributed by atoms with van der Waals surface area (Å²) >= 11 is 4.91. The summed E-state index contributed by atoms with van der Waals surface area (Å²) in [6.45, 7) is 2.51. The van der Waals surface area contributed by atoms with Gasteiger partial charge in [0.25, 0.3) is 0 Å². The van der Waals surface area contributed by atoms with Crippen LogP contribution in [0, 0.1) is 0 Å². The predicted molar refractivity (Wildman–Crippen MR) is 75.1 cm³/mol. The Morgan fingerprint density at radius 1 is 1.22 bits per heavy atom. The Balaban J connectivity index is 2.19. The highest BCUT2D eigenvalue weighted by Gasteiger charge is 1.99. The summed E-state index contributed by atoms with van der Waals surface area (Å²) < 4.78 is 15.8. The number of rotatable bonds is 9. The molecule has 0 amide bonds. The molecule has 2 N–H and O–H groups in total. The van der Waals surface area contributed by atoms with Crippen molar-refractivity contribution in [1.82, 2.24) is 0 Å². The minimum Gasteiger partial charge on any atom is -0.493 e. The van der Waals surface area contributed by atoms with Gasteiger partial charge in [-0.15, -0.1) is 0 Å². The molecule has 0 saturated heterocycles. The zero-order valence-electron chi connectivity index (χ0n) is 10.6. The number of ether oxygens (including phenoxy) is 3. The first-order valence-corrected chi connectivity index (χ1v) is 6.24. The summed E-state index contributed by atoms with van der Waals surface area (Å²) in [6.07, 6.45) is 0.834. The molecule has 0 bridgehead atoms. The third-order valence-corrected chi connectivity index (χ3v) is 2.49. The monoisotopic (exact) mass is 269 g/mol. The van der Waals surface area contributed by atoms with Gasteiger partial charge in [0.2, 0.25) is 0 Å². The van der Waals surface area contributed by atoms with Crippen LogP contribution in [0.3, 0.4) is 0 Å². The number of benzene rings is 1. The van der Waals surface area contributed by atoms with Crippen LogP contribution in [0.4, 0.5) is 0 Å². The van der Waals surface area contributed by atoms with Gasteiger partial charge < -0.3 is 19.9 Å². The van der Waals surface area contributed by atoms with Crippen molar-refractivity contribution in [3.63, 3.8) is 0 Å². The summed E-state index contributed by atoms with van der Waals surface area (Å²) in [4.78, 5) is 0.378. The SMILES string of the molecule is COCCOCCCOc1cccc(C(N)=S)c1. The van der Waals surface area contributed by atoms with Gasteiger partial charge in [-0.1, -0.05) is 24.4 Å². The van der Waals surface area contributed by atoms with Crippen LogP contribution in [0.25, 0.3) is 0 Å². The van der Waals surface area contributed by atoms with E-state index >= 15 is 0 Å². The lowest BCUT2D eigenvalue weighted by Gasteiger charge is -2.08. The largest absolute Gasteiger partial charge is 0.493 e. The van der Waals surface area contributed by atoms with Gasteiger partial charge in [0, 0.05) is 25.7 Å². The van der Waals surface area contributed by atoms with E-state index in [4.69, 9.17) is 32.2 Å². The third-order valence-electron chi connectivity index (χ3n) is 2.25. The van der Waals surface area contributed by atoms with Crippen molar-refractivity contribution in [3.8, 4) is 5.75 Å². The van der Waals surface area contributed by atoms with Crippen LogP contribution in [-0.2, 0) is 9.47 Å².